The van der Waals surface area contributed by atoms with Crippen molar-refractivity contribution in [1.82, 2.24) is 14.5 Å². The number of rotatable bonds is 0. The predicted molar refractivity (Wildman–Crippen MR) is 81.4 cm³/mol. The summed E-state index contributed by atoms with van der Waals surface area (Å²) in [6.07, 6.45) is 1.72. The van der Waals surface area contributed by atoms with Crippen LogP contribution in [-0.4, -0.2) is 14.5 Å². The molecule has 2 aromatic heterocycles. The number of aromatic nitrogens is 3. The second-order valence-corrected chi connectivity index (χ2v) is 5.29. The summed E-state index contributed by atoms with van der Waals surface area (Å²) in [4.78, 5) is 20.3. The fraction of sp³-hybridized carbons (Fsp3) is 0.0667. The molecule has 4 nitrogen and oxygen atoms in total. The number of hydrogen-bond donors (Lipinski definition) is 1. The maximum absolute atomic E-state index is 12.7. The van der Waals surface area contributed by atoms with Crippen LogP contribution in [0.2, 0.25) is 5.02 Å². The van der Waals surface area contributed by atoms with Crippen LogP contribution in [0.1, 0.15) is 0 Å². The molecule has 0 bridgehead atoms. The van der Waals surface area contributed by atoms with Gasteiger partial charge in [0.1, 0.15) is 5.52 Å². The minimum absolute atomic E-state index is 0.0188. The van der Waals surface area contributed by atoms with E-state index in [-0.39, 0.29) is 5.43 Å². The Kier molecular flexibility index (Phi) is 2.20. The van der Waals surface area contributed by atoms with Crippen LogP contribution >= 0.6 is 11.6 Å². The van der Waals surface area contributed by atoms with E-state index in [1.165, 1.54) is 0 Å². The van der Waals surface area contributed by atoms with E-state index in [9.17, 15) is 4.79 Å². The lowest BCUT2D eigenvalue weighted by Gasteiger charge is -2.04. The molecule has 5 heteroatoms. The Hall–Kier alpha value is -2.33. The van der Waals surface area contributed by atoms with Gasteiger partial charge in [0.05, 0.1) is 28.3 Å². The number of aryl methyl sites for hydroxylation is 1. The summed E-state index contributed by atoms with van der Waals surface area (Å²) in [6, 6.07) is 9.10. The molecule has 4 aromatic rings. The van der Waals surface area contributed by atoms with Crippen LogP contribution in [0.25, 0.3) is 32.8 Å². The van der Waals surface area contributed by atoms with Crippen LogP contribution in [0.5, 0.6) is 0 Å². The molecule has 0 aliphatic rings. The Bertz CT molecular complexity index is 1050. The SMILES string of the molecule is Cn1cnc2c3c(=O)c4ccc(Cl)cc4[nH]c3ccc21. The lowest BCUT2D eigenvalue weighted by molar-refractivity contribution is 0.948. The topological polar surface area (TPSA) is 50.7 Å². The third kappa shape index (κ3) is 1.42. The van der Waals surface area contributed by atoms with Crippen LogP contribution < -0.4 is 5.43 Å². The third-order valence-electron chi connectivity index (χ3n) is 3.62. The molecule has 4 rings (SSSR count). The first-order valence-corrected chi connectivity index (χ1v) is 6.58. The summed E-state index contributed by atoms with van der Waals surface area (Å²) in [5, 5.41) is 1.85. The van der Waals surface area contributed by atoms with Gasteiger partial charge in [-0.25, -0.2) is 4.98 Å². The third-order valence-corrected chi connectivity index (χ3v) is 3.85. The zero-order valence-electron chi connectivity index (χ0n) is 10.6. The highest BCUT2D eigenvalue weighted by atomic mass is 35.5. The lowest BCUT2D eigenvalue weighted by Crippen LogP contribution is -2.05. The monoisotopic (exact) mass is 283 g/mol. The molecule has 0 radical (unpaired) electrons. The summed E-state index contributed by atoms with van der Waals surface area (Å²) in [5.74, 6) is 0. The van der Waals surface area contributed by atoms with E-state index in [1.54, 1.807) is 24.5 Å². The molecule has 0 aliphatic carbocycles. The lowest BCUT2D eigenvalue weighted by atomic mass is 10.1. The average Bonchev–Trinajstić information content (AvgIpc) is 2.80. The van der Waals surface area contributed by atoms with Gasteiger partial charge in [-0.05, 0) is 30.3 Å². The van der Waals surface area contributed by atoms with Crippen LogP contribution in [0.15, 0.2) is 41.5 Å². The Morgan fingerprint density at radius 3 is 2.90 bits per heavy atom. The summed E-state index contributed by atoms with van der Waals surface area (Å²) < 4.78 is 1.90. The number of aromatic amines is 1. The van der Waals surface area contributed by atoms with E-state index < -0.39 is 0 Å². The van der Waals surface area contributed by atoms with Gasteiger partial charge in [-0.1, -0.05) is 11.6 Å². The molecular formula is C15H10ClN3O. The first-order chi connectivity index (χ1) is 9.65. The Balaban J connectivity index is 2.32. The highest BCUT2D eigenvalue weighted by Gasteiger charge is 2.11. The number of H-pyrrole nitrogens is 1. The fourth-order valence-electron chi connectivity index (χ4n) is 2.63. The molecule has 0 saturated carbocycles. The van der Waals surface area contributed by atoms with Gasteiger partial charge in [0.2, 0.25) is 0 Å². The van der Waals surface area contributed by atoms with Crippen molar-refractivity contribution < 1.29 is 0 Å². The van der Waals surface area contributed by atoms with E-state index in [0.717, 1.165) is 22.1 Å². The molecule has 20 heavy (non-hydrogen) atoms. The molecule has 0 atom stereocenters. The molecule has 1 N–H and O–H groups in total. The number of nitrogens with zero attached hydrogens (tertiary/aromatic N) is 2. The van der Waals surface area contributed by atoms with Gasteiger partial charge in [0.25, 0.3) is 0 Å². The number of pyridine rings is 1. The molecule has 0 aliphatic heterocycles. The molecule has 0 amide bonds. The molecule has 2 aromatic carbocycles. The molecule has 0 saturated heterocycles. The second kappa shape index (κ2) is 3.84. The van der Waals surface area contributed by atoms with Crippen LogP contribution in [0.4, 0.5) is 0 Å². The van der Waals surface area contributed by atoms with E-state index in [2.05, 4.69) is 9.97 Å². The highest BCUT2D eigenvalue weighted by molar-refractivity contribution is 6.31. The highest BCUT2D eigenvalue weighted by Crippen LogP contribution is 2.23. The van der Waals surface area contributed by atoms with Gasteiger partial charge < -0.3 is 9.55 Å². The Morgan fingerprint density at radius 2 is 2.05 bits per heavy atom. The predicted octanol–water partition coefficient (Wildman–Crippen LogP) is 3.22. The Labute approximate surface area is 118 Å². The van der Waals surface area contributed by atoms with Crippen molar-refractivity contribution in [1.29, 1.82) is 0 Å². The number of benzene rings is 2. The van der Waals surface area contributed by atoms with Gasteiger partial charge in [0.15, 0.2) is 5.43 Å². The number of nitrogens with one attached hydrogen (secondary N) is 1. The van der Waals surface area contributed by atoms with E-state index in [0.29, 0.717) is 15.8 Å². The maximum Gasteiger partial charge on any atom is 0.199 e. The quantitative estimate of drug-likeness (QED) is 0.504. The number of imidazole rings is 1. The average molecular weight is 284 g/mol. The zero-order chi connectivity index (χ0) is 13.9. The van der Waals surface area contributed by atoms with Gasteiger partial charge >= 0.3 is 0 Å². The molecule has 0 spiro atoms. The fourth-order valence-corrected chi connectivity index (χ4v) is 2.81. The molecule has 0 unspecified atom stereocenters. The largest absolute Gasteiger partial charge is 0.354 e. The minimum Gasteiger partial charge on any atom is -0.354 e. The van der Waals surface area contributed by atoms with Crippen molar-refractivity contribution >= 4 is 44.4 Å². The van der Waals surface area contributed by atoms with E-state index >= 15 is 0 Å². The molecule has 2 heterocycles. The molecule has 0 fully saturated rings. The number of hydrogen-bond acceptors (Lipinski definition) is 2. The standard InChI is InChI=1S/C15H10ClN3O/c1-19-7-17-14-12(19)5-4-10-13(14)15(20)9-3-2-8(16)6-11(9)18-10/h2-7H,1H3,(H,18,20). The maximum atomic E-state index is 12.7. The summed E-state index contributed by atoms with van der Waals surface area (Å²) in [7, 11) is 1.91. The van der Waals surface area contributed by atoms with E-state index in [1.807, 2.05) is 23.7 Å². The molecule has 98 valence electrons. The van der Waals surface area contributed by atoms with Crippen LogP contribution in [0.3, 0.4) is 0 Å². The zero-order valence-corrected chi connectivity index (χ0v) is 11.4. The van der Waals surface area contributed by atoms with Crippen LogP contribution in [-0.2, 0) is 7.05 Å². The van der Waals surface area contributed by atoms with Gasteiger partial charge in [-0.2, -0.15) is 0 Å². The minimum atomic E-state index is -0.0188. The van der Waals surface area contributed by atoms with Gasteiger partial charge in [-0.3, -0.25) is 4.79 Å². The number of halogens is 1. The van der Waals surface area contributed by atoms with Crippen molar-refractivity contribution in [2.75, 3.05) is 0 Å². The van der Waals surface area contributed by atoms with Crippen LogP contribution in [0, 0.1) is 0 Å². The Morgan fingerprint density at radius 1 is 1.20 bits per heavy atom. The van der Waals surface area contributed by atoms with Crippen molar-refractivity contribution in [3.05, 3.63) is 51.9 Å². The normalized spacial score (nSPS) is 11.7. The van der Waals surface area contributed by atoms with Crippen molar-refractivity contribution in [2.24, 2.45) is 7.05 Å². The van der Waals surface area contributed by atoms with Gasteiger partial charge in [-0.15, -0.1) is 0 Å². The molecular weight excluding hydrogens is 274 g/mol. The van der Waals surface area contributed by atoms with Crippen molar-refractivity contribution in [2.45, 2.75) is 0 Å². The first kappa shape index (κ1) is 11.5. The summed E-state index contributed by atoms with van der Waals surface area (Å²) in [5.41, 5.74) is 3.16. The first-order valence-electron chi connectivity index (χ1n) is 6.20. The number of fused-ring (bicyclic) bond motifs is 4. The smallest absolute Gasteiger partial charge is 0.199 e. The van der Waals surface area contributed by atoms with Crippen molar-refractivity contribution in [3.63, 3.8) is 0 Å². The second-order valence-electron chi connectivity index (χ2n) is 4.86. The van der Waals surface area contributed by atoms with E-state index in [4.69, 9.17) is 11.6 Å². The summed E-state index contributed by atoms with van der Waals surface area (Å²) >= 11 is 5.98. The summed E-state index contributed by atoms with van der Waals surface area (Å²) in [6.45, 7) is 0. The van der Waals surface area contributed by atoms with Gasteiger partial charge in [0, 0.05) is 17.5 Å². The van der Waals surface area contributed by atoms with Crippen molar-refractivity contribution in [3.8, 4) is 0 Å².